The Bertz CT molecular complexity index is 991. The van der Waals surface area contributed by atoms with E-state index in [2.05, 4.69) is 17.2 Å². The monoisotopic (exact) mass is 426 g/mol. The van der Waals surface area contributed by atoms with Crippen LogP contribution in [0.5, 0.6) is 0 Å². The first-order chi connectivity index (χ1) is 14.4. The number of nitrogens with zero attached hydrogens (tertiary/aromatic N) is 3. The lowest BCUT2D eigenvalue weighted by atomic mass is 10.1. The van der Waals surface area contributed by atoms with E-state index in [-0.39, 0.29) is 23.9 Å². The Morgan fingerprint density at radius 2 is 1.97 bits per heavy atom. The number of nitro benzene ring substituents is 1. The summed E-state index contributed by atoms with van der Waals surface area (Å²) < 4.78 is 0. The van der Waals surface area contributed by atoms with Crippen molar-refractivity contribution < 1.29 is 14.5 Å². The van der Waals surface area contributed by atoms with Crippen LogP contribution in [0.1, 0.15) is 25.8 Å². The van der Waals surface area contributed by atoms with Crippen molar-refractivity contribution in [3.8, 4) is 0 Å². The van der Waals surface area contributed by atoms with Gasteiger partial charge in [-0.2, -0.15) is 0 Å². The fourth-order valence-electron chi connectivity index (χ4n) is 3.01. The zero-order chi connectivity index (χ0) is 21.7. The molecule has 2 aromatic carbocycles. The minimum Gasteiger partial charge on any atom is -0.326 e. The lowest BCUT2D eigenvalue weighted by molar-refractivity contribution is -0.384. The Labute approximate surface area is 178 Å². The summed E-state index contributed by atoms with van der Waals surface area (Å²) in [7, 11) is 0. The molecule has 156 valence electrons. The molecule has 1 unspecified atom stereocenters. The number of rotatable bonds is 7. The fraction of sp³-hybridized carbons (Fsp3) is 0.286. The molecule has 9 heteroatoms. The van der Waals surface area contributed by atoms with Gasteiger partial charge < -0.3 is 5.32 Å². The molecule has 1 fully saturated rings. The number of benzene rings is 2. The van der Waals surface area contributed by atoms with E-state index in [0.29, 0.717) is 23.1 Å². The Kier molecular flexibility index (Phi) is 6.83. The van der Waals surface area contributed by atoms with Gasteiger partial charge in [0.1, 0.15) is 5.25 Å². The minimum atomic E-state index is -0.586. The Hall–Kier alpha value is -3.20. The van der Waals surface area contributed by atoms with Crippen LogP contribution in [0.2, 0.25) is 0 Å². The largest absolute Gasteiger partial charge is 0.326 e. The third-order valence-corrected chi connectivity index (χ3v) is 5.79. The summed E-state index contributed by atoms with van der Waals surface area (Å²) in [6, 6.07) is 13.5. The third-order valence-electron chi connectivity index (χ3n) is 4.62. The average molecular weight is 426 g/mol. The van der Waals surface area contributed by atoms with Gasteiger partial charge in [0.2, 0.25) is 11.8 Å². The second-order valence-electron chi connectivity index (χ2n) is 6.66. The minimum absolute atomic E-state index is 0.0173. The van der Waals surface area contributed by atoms with E-state index in [1.165, 1.54) is 34.4 Å². The molecule has 1 aliphatic heterocycles. The molecule has 1 atom stereocenters. The van der Waals surface area contributed by atoms with E-state index in [9.17, 15) is 19.7 Å². The van der Waals surface area contributed by atoms with Crippen LogP contribution in [0.25, 0.3) is 0 Å². The number of carbonyl (C=O) groups is 2. The number of amidine groups is 1. The number of nitro groups is 1. The molecular weight excluding hydrogens is 404 g/mol. The maximum atomic E-state index is 12.7. The predicted molar refractivity (Wildman–Crippen MR) is 118 cm³/mol. The van der Waals surface area contributed by atoms with Crippen LogP contribution in [0.15, 0.2) is 53.5 Å². The molecular formula is C21H22N4O4S. The highest BCUT2D eigenvalue weighted by Crippen LogP contribution is 2.32. The van der Waals surface area contributed by atoms with Gasteiger partial charge in [-0.25, -0.2) is 4.99 Å². The number of carbonyl (C=O) groups excluding carboxylic acids is 2. The second-order valence-corrected chi connectivity index (χ2v) is 7.83. The van der Waals surface area contributed by atoms with Gasteiger partial charge in [0, 0.05) is 30.8 Å². The summed E-state index contributed by atoms with van der Waals surface area (Å²) in [6.07, 6.45) is 0.935. The standard InChI is InChI=1S/C21H22N4O4S/c1-3-14-8-10-15(11-9-14)22-19(26)13-18-20(27)24(4-2)21(30-18)23-16-6-5-7-17(12-16)25(28)29/h5-12,18H,3-4,13H2,1-2H3,(H,22,26). The molecule has 2 amide bonds. The zero-order valence-corrected chi connectivity index (χ0v) is 17.5. The number of anilines is 1. The van der Waals surface area contributed by atoms with Crippen molar-refractivity contribution in [3.05, 3.63) is 64.2 Å². The van der Waals surface area contributed by atoms with E-state index in [4.69, 9.17) is 0 Å². The average Bonchev–Trinajstić information content (AvgIpc) is 3.02. The van der Waals surface area contributed by atoms with Crippen LogP contribution in [-0.4, -0.2) is 38.6 Å². The van der Waals surface area contributed by atoms with Gasteiger partial charge in [0.15, 0.2) is 5.17 Å². The topological polar surface area (TPSA) is 105 Å². The fourth-order valence-corrected chi connectivity index (χ4v) is 4.23. The van der Waals surface area contributed by atoms with E-state index in [1.54, 1.807) is 12.1 Å². The summed E-state index contributed by atoms with van der Waals surface area (Å²) in [6.45, 7) is 4.28. The van der Waals surface area contributed by atoms with Crippen LogP contribution >= 0.6 is 11.8 Å². The predicted octanol–water partition coefficient (Wildman–Crippen LogP) is 4.14. The van der Waals surface area contributed by atoms with Gasteiger partial charge in [-0.15, -0.1) is 0 Å². The summed E-state index contributed by atoms with van der Waals surface area (Å²) in [5.74, 6) is -0.444. The van der Waals surface area contributed by atoms with Crippen molar-refractivity contribution in [3.63, 3.8) is 0 Å². The van der Waals surface area contributed by atoms with Crippen LogP contribution in [0, 0.1) is 10.1 Å². The molecule has 3 rings (SSSR count). The molecule has 0 aliphatic carbocycles. The van der Waals surface area contributed by atoms with Gasteiger partial charge in [-0.05, 0) is 37.1 Å². The maximum Gasteiger partial charge on any atom is 0.271 e. The SMILES string of the molecule is CCc1ccc(NC(=O)CC2SC(=Nc3cccc([N+](=O)[O-])c3)N(CC)C2=O)cc1. The highest BCUT2D eigenvalue weighted by Gasteiger charge is 2.38. The molecule has 2 aromatic rings. The van der Waals surface area contributed by atoms with E-state index < -0.39 is 10.2 Å². The lowest BCUT2D eigenvalue weighted by Gasteiger charge is -2.13. The lowest BCUT2D eigenvalue weighted by Crippen LogP contribution is -2.33. The molecule has 1 N–H and O–H groups in total. The molecule has 0 bridgehead atoms. The van der Waals surface area contributed by atoms with Crippen LogP contribution < -0.4 is 5.32 Å². The normalized spacial score (nSPS) is 17.4. The summed E-state index contributed by atoms with van der Waals surface area (Å²) in [5, 5.41) is 13.6. The smallest absolute Gasteiger partial charge is 0.271 e. The number of non-ortho nitro benzene ring substituents is 1. The molecule has 0 radical (unpaired) electrons. The van der Waals surface area contributed by atoms with Gasteiger partial charge in [-0.3, -0.25) is 24.6 Å². The summed E-state index contributed by atoms with van der Waals surface area (Å²) in [5.41, 5.74) is 2.18. The molecule has 0 aromatic heterocycles. The van der Waals surface area contributed by atoms with Crippen molar-refractivity contribution in [1.29, 1.82) is 0 Å². The third kappa shape index (κ3) is 5.04. The molecule has 0 saturated carbocycles. The molecule has 0 spiro atoms. The first-order valence-electron chi connectivity index (χ1n) is 9.61. The van der Waals surface area contributed by atoms with Gasteiger partial charge in [0.05, 0.1) is 10.6 Å². The van der Waals surface area contributed by atoms with Crippen molar-refractivity contribution in [2.45, 2.75) is 31.9 Å². The molecule has 1 saturated heterocycles. The quantitative estimate of drug-likeness (QED) is 0.529. The van der Waals surface area contributed by atoms with E-state index in [0.717, 1.165) is 6.42 Å². The first-order valence-corrected chi connectivity index (χ1v) is 10.5. The molecule has 8 nitrogen and oxygen atoms in total. The number of thioether (sulfide) groups is 1. The summed E-state index contributed by atoms with van der Waals surface area (Å²) >= 11 is 1.20. The van der Waals surface area contributed by atoms with E-state index >= 15 is 0 Å². The highest BCUT2D eigenvalue weighted by molar-refractivity contribution is 8.15. The highest BCUT2D eigenvalue weighted by atomic mass is 32.2. The van der Waals surface area contributed by atoms with Crippen molar-refractivity contribution >= 4 is 45.8 Å². The molecule has 1 heterocycles. The van der Waals surface area contributed by atoms with Crippen molar-refractivity contribution in [2.75, 3.05) is 11.9 Å². The number of aryl methyl sites for hydroxylation is 1. The number of hydrogen-bond acceptors (Lipinski definition) is 6. The number of hydrogen-bond donors (Lipinski definition) is 1. The zero-order valence-electron chi connectivity index (χ0n) is 16.7. The number of aliphatic imine (C=N–C) groups is 1. The number of nitrogens with one attached hydrogen (secondary N) is 1. The Balaban J connectivity index is 1.71. The maximum absolute atomic E-state index is 12.7. The number of amides is 2. The summed E-state index contributed by atoms with van der Waals surface area (Å²) in [4.78, 5) is 41.5. The van der Waals surface area contributed by atoms with Gasteiger partial charge in [0.25, 0.3) is 5.69 Å². The second kappa shape index (κ2) is 9.53. The van der Waals surface area contributed by atoms with Crippen molar-refractivity contribution in [2.24, 2.45) is 4.99 Å². The first kappa shape index (κ1) is 21.5. The van der Waals surface area contributed by atoms with Gasteiger partial charge >= 0.3 is 0 Å². The van der Waals surface area contributed by atoms with Crippen LogP contribution in [-0.2, 0) is 16.0 Å². The van der Waals surface area contributed by atoms with E-state index in [1.807, 2.05) is 31.2 Å². The van der Waals surface area contributed by atoms with Crippen LogP contribution in [0.4, 0.5) is 17.1 Å². The molecule has 30 heavy (non-hydrogen) atoms. The van der Waals surface area contributed by atoms with Crippen molar-refractivity contribution in [1.82, 2.24) is 4.90 Å². The van der Waals surface area contributed by atoms with Gasteiger partial charge in [-0.1, -0.05) is 36.9 Å². The molecule has 1 aliphatic rings. The Morgan fingerprint density at radius 3 is 2.60 bits per heavy atom. The Morgan fingerprint density at radius 1 is 1.23 bits per heavy atom. The van der Waals surface area contributed by atoms with Crippen LogP contribution in [0.3, 0.4) is 0 Å².